The lowest BCUT2D eigenvalue weighted by atomic mass is 9.75. The Balaban J connectivity index is 1.67. The summed E-state index contributed by atoms with van der Waals surface area (Å²) in [6.07, 6.45) is 3.38. The molecule has 9 heteroatoms. The van der Waals surface area contributed by atoms with Crippen molar-refractivity contribution >= 4 is 5.91 Å². The average molecular weight is 449 g/mol. The van der Waals surface area contributed by atoms with E-state index in [4.69, 9.17) is 14.2 Å². The summed E-state index contributed by atoms with van der Waals surface area (Å²) in [6, 6.07) is 4.77. The Bertz CT molecular complexity index is 887. The molecular weight excluding hydrogens is 420 g/mol. The molecule has 32 heavy (non-hydrogen) atoms. The number of methoxy groups -OCH3 is 3. The van der Waals surface area contributed by atoms with Crippen LogP contribution in [0.25, 0.3) is 0 Å². The summed E-state index contributed by atoms with van der Waals surface area (Å²) in [6.45, 7) is 0.371. The van der Waals surface area contributed by atoms with Gasteiger partial charge >= 0.3 is 0 Å². The van der Waals surface area contributed by atoms with E-state index in [0.29, 0.717) is 23.6 Å². The minimum absolute atomic E-state index is 0.00293. The SMILES string of the molecule is COC[C@H](NC(=O)c1ccc(OC)nc1)[C@H]1CC[C@@H](c2ccnc(OC)c2C(F)F)CC1. The second kappa shape index (κ2) is 11.2. The number of hydrogen-bond acceptors (Lipinski definition) is 6. The van der Waals surface area contributed by atoms with Crippen LogP contribution in [-0.2, 0) is 4.74 Å². The fraction of sp³-hybridized carbons (Fsp3) is 0.522. The number of carbonyl (C=O) groups is 1. The van der Waals surface area contributed by atoms with Crippen molar-refractivity contribution < 1.29 is 27.8 Å². The maximum Gasteiger partial charge on any atom is 0.269 e. The third kappa shape index (κ3) is 5.51. The molecule has 174 valence electrons. The number of aromatic nitrogens is 2. The van der Waals surface area contributed by atoms with E-state index < -0.39 is 6.43 Å². The highest BCUT2D eigenvalue weighted by atomic mass is 19.3. The monoisotopic (exact) mass is 449 g/mol. The number of hydrogen-bond donors (Lipinski definition) is 1. The van der Waals surface area contributed by atoms with Crippen LogP contribution in [0, 0.1) is 5.92 Å². The van der Waals surface area contributed by atoms with Gasteiger partial charge in [-0.05, 0) is 55.2 Å². The van der Waals surface area contributed by atoms with Gasteiger partial charge in [0.2, 0.25) is 11.8 Å². The highest BCUT2D eigenvalue weighted by molar-refractivity contribution is 5.94. The zero-order valence-electron chi connectivity index (χ0n) is 18.5. The lowest BCUT2D eigenvalue weighted by Gasteiger charge is -2.35. The number of pyridine rings is 2. The van der Waals surface area contributed by atoms with Gasteiger partial charge in [-0.25, -0.2) is 18.7 Å². The molecular formula is C23H29F2N3O4. The van der Waals surface area contributed by atoms with Crippen LogP contribution in [-0.4, -0.2) is 49.9 Å². The first kappa shape index (κ1) is 23.8. The Kier molecular flexibility index (Phi) is 8.33. The molecule has 7 nitrogen and oxygen atoms in total. The van der Waals surface area contributed by atoms with Crippen LogP contribution in [0.15, 0.2) is 30.6 Å². The van der Waals surface area contributed by atoms with Gasteiger partial charge in [0.1, 0.15) is 0 Å². The molecule has 1 aliphatic carbocycles. The molecule has 0 spiro atoms. The molecule has 0 saturated heterocycles. The quantitative estimate of drug-likeness (QED) is 0.619. The van der Waals surface area contributed by atoms with Gasteiger partial charge < -0.3 is 19.5 Å². The molecule has 2 aromatic heterocycles. The van der Waals surface area contributed by atoms with E-state index in [1.165, 1.54) is 26.6 Å². The van der Waals surface area contributed by atoms with Crippen LogP contribution in [0.3, 0.4) is 0 Å². The van der Waals surface area contributed by atoms with Crippen molar-refractivity contribution in [1.29, 1.82) is 0 Å². The molecule has 0 bridgehead atoms. The van der Waals surface area contributed by atoms with Crippen molar-refractivity contribution in [3.63, 3.8) is 0 Å². The number of alkyl halides is 2. The van der Waals surface area contributed by atoms with Crippen LogP contribution in [0.1, 0.15) is 59.5 Å². The lowest BCUT2D eigenvalue weighted by Crippen LogP contribution is -2.44. The van der Waals surface area contributed by atoms with Gasteiger partial charge in [-0.2, -0.15) is 0 Å². The van der Waals surface area contributed by atoms with Crippen molar-refractivity contribution in [2.75, 3.05) is 27.9 Å². The number of rotatable bonds is 9. The van der Waals surface area contributed by atoms with Crippen LogP contribution in [0.4, 0.5) is 8.78 Å². The molecule has 0 unspecified atom stereocenters. The molecule has 1 saturated carbocycles. The first-order chi connectivity index (χ1) is 15.5. The van der Waals surface area contributed by atoms with E-state index in [1.54, 1.807) is 25.3 Å². The smallest absolute Gasteiger partial charge is 0.269 e. The largest absolute Gasteiger partial charge is 0.481 e. The first-order valence-electron chi connectivity index (χ1n) is 10.6. The Morgan fingerprint density at radius 3 is 2.41 bits per heavy atom. The van der Waals surface area contributed by atoms with Crippen molar-refractivity contribution in [2.24, 2.45) is 5.92 Å². The van der Waals surface area contributed by atoms with Gasteiger partial charge in [-0.3, -0.25) is 4.79 Å². The highest BCUT2D eigenvalue weighted by Gasteiger charge is 2.32. The summed E-state index contributed by atoms with van der Waals surface area (Å²) in [5.41, 5.74) is 0.917. The van der Waals surface area contributed by atoms with Gasteiger partial charge in [0.25, 0.3) is 12.3 Å². The van der Waals surface area contributed by atoms with Crippen molar-refractivity contribution in [1.82, 2.24) is 15.3 Å². The van der Waals surface area contributed by atoms with E-state index in [2.05, 4.69) is 15.3 Å². The Hall–Kier alpha value is -2.81. The molecule has 1 atom stereocenters. The van der Waals surface area contributed by atoms with Gasteiger partial charge in [0.15, 0.2) is 0 Å². The molecule has 0 aromatic carbocycles. The van der Waals surface area contributed by atoms with Crippen LogP contribution in [0.5, 0.6) is 11.8 Å². The summed E-state index contributed by atoms with van der Waals surface area (Å²) in [7, 11) is 4.46. The van der Waals surface area contributed by atoms with Crippen molar-refractivity contribution in [2.45, 2.75) is 44.1 Å². The number of amides is 1. The minimum atomic E-state index is -2.65. The Morgan fingerprint density at radius 2 is 1.84 bits per heavy atom. The van der Waals surface area contributed by atoms with Gasteiger partial charge in [-0.1, -0.05) is 0 Å². The fourth-order valence-corrected chi connectivity index (χ4v) is 4.40. The zero-order chi connectivity index (χ0) is 23.1. The van der Waals surface area contributed by atoms with Gasteiger partial charge in [0.05, 0.1) is 38.0 Å². The lowest BCUT2D eigenvalue weighted by molar-refractivity contribution is 0.0816. The Labute approximate surface area is 186 Å². The molecule has 1 amide bonds. The third-order valence-corrected chi connectivity index (χ3v) is 6.05. The number of nitrogens with one attached hydrogen (secondary N) is 1. The summed E-state index contributed by atoms with van der Waals surface area (Å²) >= 11 is 0. The summed E-state index contributed by atoms with van der Waals surface area (Å²) in [5, 5.41) is 3.05. The number of nitrogens with zero attached hydrogens (tertiary/aromatic N) is 2. The average Bonchev–Trinajstić information content (AvgIpc) is 2.83. The van der Waals surface area contributed by atoms with Crippen LogP contribution >= 0.6 is 0 Å². The predicted octanol–water partition coefficient (Wildman–Crippen LogP) is 4.15. The Morgan fingerprint density at radius 1 is 1.09 bits per heavy atom. The second-order valence-corrected chi connectivity index (χ2v) is 7.86. The highest BCUT2D eigenvalue weighted by Crippen LogP contribution is 2.42. The van der Waals surface area contributed by atoms with E-state index in [9.17, 15) is 13.6 Å². The second-order valence-electron chi connectivity index (χ2n) is 7.86. The standard InChI is InChI=1S/C23H29F2N3O4/c1-30-13-18(28-22(29)16-8-9-19(31-2)27-12-16)15-6-4-14(5-7-15)17-10-11-26-23(32-3)20(17)21(24)25/h8-12,14-15,18,21H,4-7,13H2,1-3H3,(H,28,29)/t14-,15+,18-/m0/s1. The van der Waals surface area contributed by atoms with E-state index in [0.717, 1.165) is 25.7 Å². The van der Waals surface area contributed by atoms with E-state index in [-0.39, 0.29) is 35.2 Å². The topological polar surface area (TPSA) is 82.6 Å². The maximum absolute atomic E-state index is 13.7. The maximum atomic E-state index is 13.7. The van der Waals surface area contributed by atoms with Crippen molar-refractivity contribution in [3.8, 4) is 11.8 Å². The van der Waals surface area contributed by atoms with E-state index in [1.807, 2.05) is 0 Å². The summed E-state index contributed by atoms with van der Waals surface area (Å²) < 4.78 is 42.8. The predicted molar refractivity (Wildman–Crippen MR) is 114 cm³/mol. The molecule has 2 heterocycles. The van der Waals surface area contributed by atoms with Gasteiger partial charge in [0, 0.05) is 25.6 Å². The van der Waals surface area contributed by atoms with E-state index >= 15 is 0 Å². The van der Waals surface area contributed by atoms with Crippen molar-refractivity contribution in [3.05, 3.63) is 47.3 Å². The summed E-state index contributed by atoms with van der Waals surface area (Å²) in [4.78, 5) is 20.7. The van der Waals surface area contributed by atoms with Crippen LogP contribution in [0.2, 0.25) is 0 Å². The zero-order valence-corrected chi connectivity index (χ0v) is 18.5. The number of halogens is 2. The third-order valence-electron chi connectivity index (χ3n) is 6.05. The molecule has 0 radical (unpaired) electrons. The minimum Gasteiger partial charge on any atom is -0.481 e. The fourth-order valence-electron chi connectivity index (χ4n) is 4.40. The molecule has 1 aliphatic rings. The molecule has 2 aromatic rings. The first-order valence-corrected chi connectivity index (χ1v) is 10.6. The van der Waals surface area contributed by atoms with Gasteiger partial charge in [-0.15, -0.1) is 0 Å². The molecule has 3 rings (SSSR count). The number of ether oxygens (including phenoxy) is 3. The van der Waals surface area contributed by atoms with Crippen LogP contribution < -0.4 is 14.8 Å². The summed E-state index contributed by atoms with van der Waals surface area (Å²) in [5.74, 6) is 0.363. The molecule has 0 aliphatic heterocycles. The normalized spacial score (nSPS) is 19.4. The molecule has 1 N–H and O–H groups in total. The number of carbonyl (C=O) groups excluding carboxylic acids is 1. The molecule has 1 fully saturated rings.